The van der Waals surface area contributed by atoms with Gasteiger partial charge in [-0.15, -0.1) is 0 Å². The molecule has 1 N–H and O–H groups in total. The number of para-hydroxylation sites is 1. The van der Waals surface area contributed by atoms with Crippen LogP contribution in [0.5, 0.6) is 0 Å². The van der Waals surface area contributed by atoms with Gasteiger partial charge in [-0.3, -0.25) is 0 Å². The van der Waals surface area contributed by atoms with Crippen LogP contribution in [0.25, 0.3) is 10.9 Å². The van der Waals surface area contributed by atoms with E-state index in [0.717, 1.165) is 30.4 Å². The standard InChI is InChI=1S/C22H27N2O3/c1-13-17-11-24(2)9-8-15-14-6-4-5-7-19(14)23-21(15)20(24)10-16(17)18(12-27-13)22(25)26-3/h4-7,12-13,16-17,20,23H,8-11H2,1-3H3/q+1/t13-,16-,17+,20-,24?/m0/s1. The summed E-state index contributed by atoms with van der Waals surface area (Å²) in [4.78, 5) is 16.1. The smallest absolute Gasteiger partial charge is 0.337 e. The van der Waals surface area contributed by atoms with Crippen LogP contribution in [0, 0.1) is 11.8 Å². The second-order valence-corrected chi connectivity index (χ2v) is 8.63. The molecule has 1 saturated heterocycles. The number of carbonyl (C=O) groups excluding carboxylic acids is 1. The first kappa shape index (κ1) is 16.9. The first-order chi connectivity index (χ1) is 13.0. The van der Waals surface area contributed by atoms with E-state index in [0.29, 0.717) is 17.5 Å². The highest BCUT2D eigenvalue weighted by Crippen LogP contribution is 2.50. The van der Waals surface area contributed by atoms with Gasteiger partial charge in [-0.2, -0.15) is 0 Å². The predicted molar refractivity (Wildman–Crippen MR) is 103 cm³/mol. The number of esters is 1. The van der Waals surface area contributed by atoms with Crippen molar-refractivity contribution in [2.75, 3.05) is 27.2 Å². The summed E-state index contributed by atoms with van der Waals surface area (Å²) in [7, 11) is 3.83. The molecule has 1 aromatic heterocycles. The van der Waals surface area contributed by atoms with Gasteiger partial charge < -0.3 is 18.9 Å². The Labute approximate surface area is 159 Å². The number of aromatic amines is 1. The molecule has 0 saturated carbocycles. The molecule has 142 valence electrons. The van der Waals surface area contributed by atoms with Crippen molar-refractivity contribution in [3.05, 3.63) is 47.4 Å². The van der Waals surface area contributed by atoms with Gasteiger partial charge >= 0.3 is 5.97 Å². The Kier molecular flexibility index (Phi) is 3.66. The lowest BCUT2D eigenvalue weighted by molar-refractivity contribution is -0.951. The molecule has 5 heteroatoms. The van der Waals surface area contributed by atoms with Crippen LogP contribution in [0.1, 0.15) is 30.6 Å². The van der Waals surface area contributed by atoms with E-state index in [2.05, 4.69) is 43.2 Å². The average Bonchev–Trinajstić information content (AvgIpc) is 3.05. The summed E-state index contributed by atoms with van der Waals surface area (Å²) in [6.07, 6.45) is 3.83. The Morgan fingerprint density at radius 2 is 2.15 bits per heavy atom. The Morgan fingerprint density at radius 3 is 2.96 bits per heavy atom. The monoisotopic (exact) mass is 367 g/mol. The van der Waals surface area contributed by atoms with E-state index in [1.54, 1.807) is 6.26 Å². The van der Waals surface area contributed by atoms with Crippen molar-refractivity contribution >= 4 is 16.9 Å². The maximum Gasteiger partial charge on any atom is 0.337 e. The number of carbonyl (C=O) groups is 1. The molecule has 3 aliphatic rings. The normalized spacial score (nSPS) is 34.7. The largest absolute Gasteiger partial charge is 0.497 e. The third kappa shape index (κ3) is 2.37. The molecule has 5 atom stereocenters. The van der Waals surface area contributed by atoms with E-state index in [9.17, 15) is 4.79 Å². The molecule has 3 aliphatic heterocycles. The van der Waals surface area contributed by atoms with E-state index >= 15 is 0 Å². The fraction of sp³-hybridized carbons (Fsp3) is 0.500. The number of nitrogens with zero attached hydrogens (tertiary/aromatic N) is 1. The molecular weight excluding hydrogens is 340 g/mol. The second kappa shape index (κ2) is 5.86. The predicted octanol–water partition coefficient (Wildman–Crippen LogP) is 3.32. The molecule has 1 unspecified atom stereocenters. The zero-order chi connectivity index (χ0) is 18.8. The second-order valence-electron chi connectivity index (χ2n) is 8.63. The third-order valence-electron chi connectivity index (χ3n) is 7.26. The Balaban J connectivity index is 1.59. The van der Waals surface area contributed by atoms with Gasteiger partial charge in [0.1, 0.15) is 12.1 Å². The summed E-state index contributed by atoms with van der Waals surface area (Å²) in [5.74, 6) is 0.284. The fourth-order valence-corrected chi connectivity index (χ4v) is 5.74. The number of aromatic nitrogens is 1. The van der Waals surface area contributed by atoms with Crippen molar-refractivity contribution in [2.24, 2.45) is 11.8 Å². The van der Waals surface area contributed by atoms with Crippen LogP contribution in [0.15, 0.2) is 36.1 Å². The minimum atomic E-state index is -0.249. The topological polar surface area (TPSA) is 51.3 Å². The first-order valence-corrected chi connectivity index (χ1v) is 9.89. The minimum Gasteiger partial charge on any atom is -0.497 e. The van der Waals surface area contributed by atoms with Gasteiger partial charge in [-0.1, -0.05) is 18.2 Å². The van der Waals surface area contributed by atoms with Crippen molar-refractivity contribution in [3.8, 4) is 0 Å². The number of H-pyrrole nitrogens is 1. The summed E-state index contributed by atoms with van der Waals surface area (Å²) in [5.41, 5.74) is 4.76. The van der Waals surface area contributed by atoms with Gasteiger partial charge in [-0.05, 0) is 18.6 Å². The molecule has 5 nitrogen and oxygen atoms in total. The SMILES string of the molecule is COC(=O)C1=CO[C@@H](C)[C@H]2C[N+]3(C)CCc4c([nH]c5ccccc45)[C@@H]3C[C@H]12. The number of nitrogens with one attached hydrogen (secondary N) is 1. The molecule has 0 amide bonds. The fourth-order valence-electron chi connectivity index (χ4n) is 5.74. The summed E-state index contributed by atoms with van der Waals surface area (Å²) < 4.78 is 11.9. The molecule has 5 rings (SSSR count). The van der Waals surface area contributed by atoms with E-state index in [1.165, 1.54) is 29.3 Å². The number of quaternary nitrogens is 1. The number of methoxy groups -OCH3 is 1. The van der Waals surface area contributed by atoms with E-state index in [4.69, 9.17) is 9.47 Å². The summed E-state index contributed by atoms with van der Waals surface area (Å²) in [6, 6.07) is 8.98. The molecular formula is C22H27N2O3+. The lowest BCUT2D eigenvalue weighted by Crippen LogP contribution is -2.61. The lowest BCUT2D eigenvalue weighted by Gasteiger charge is -2.54. The average molecular weight is 367 g/mol. The number of likely N-dealkylation sites (N-methyl/N-ethyl adjacent to an activating group) is 1. The van der Waals surface area contributed by atoms with E-state index in [-0.39, 0.29) is 18.0 Å². The molecule has 1 aromatic carbocycles. The van der Waals surface area contributed by atoms with Crippen molar-refractivity contribution < 1.29 is 18.8 Å². The van der Waals surface area contributed by atoms with Crippen LogP contribution in [-0.2, 0) is 20.7 Å². The van der Waals surface area contributed by atoms with Crippen molar-refractivity contribution in [2.45, 2.75) is 31.9 Å². The summed E-state index contributed by atoms with van der Waals surface area (Å²) >= 11 is 0. The Morgan fingerprint density at radius 1 is 1.33 bits per heavy atom. The van der Waals surface area contributed by atoms with Crippen LogP contribution in [-0.4, -0.2) is 48.8 Å². The van der Waals surface area contributed by atoms with Gasteiger partial charge in [0.25, 0.3) is 0 Å². The molecule has 4 heterocycles. The molecule has 0 bridgehead atoms. The van der Waals surface area contributed by atoms with E-state index < -0.39 is 0 Å². The Hall–Kier alpha value is -2.27. The molecule has 0 spiro atoms. The maximum atomic E-state index is 12.4. The van der Waals surface area contributed by atoms with Gasteiger partial charge in [0.05, 0.1) is 50.7 Å². The highest BCUT2D eigenvalue weighted by Gasteiger charge is 2.53. The molecule has 1 fully saturated rings. The number of rotatable bonds is 1. The third-order valence-corrected chi connectivity index (χ3v) is 7.26. The maximum absolute atomic E-state index is 12.4. The minimum absolute atomic E-state index is 0.128. The van der Waals surface area contributed by atoms with Gasteiger partial charge in [-0.25, -0.2) is 4.79 Å². The first-order valence-electron chi connectivity index (χ1n) is 9.89. The number of piperidine rings is 1. The van der Waals surface area contributed by atoms with Gasteiger partial charge in [0.2, 0.25) is 0 Å². The van der Waals surface area contributed by atoms with Crippen LogP contribution < -0.4 is 0 Å². The zero-order valence-electron chi connectivity index (χ0n) is 16.2. The Bertz CT molecular complexity index is 946. The number of hydrogen-bond acceptors (Lipinski definition) is 3. The van der Waals surface area contributed by atoms with Crippen LogP contribution in [0.4, 0.5) is 0 Å². The number of hydrogen-bond donors (Lipinski definition) is 1. The summed E-state index contributed by atoms with van der Waals surface area (Å²) in [5, 5.41) is 1.35. The van der Waals surface area contributed by atoms with Crippen LogP contribution in [0.3, 0.4) is 0 Å². The lowest BCUT2D eigenvalue weighted by atomic mass is 9.71. The van der Waals surface area contributed by atoms with Crippen molar-refractivity contribution in [3.63, 3.8) is 0 Å². The van der Waals surface area contributed by atoms with Crippen LogP contribution in [0.2, 0.25) is 0 Å². The number of fused-ring (bicyclic) bond motifs is 6. The molecule has 0 radical (unpaired) electrons. The van der Waals surface area contributed by atoms with Crippen molar-refractivity contribution in [1.29, 1.82) is 0 Å². The summed E-state index contributed by atoms with van der Waals surface area (Å²) in [6.45, 7) is 4.29. The quantitative estimate of drug-likeness (QED) is 0.621. The number of benzene rings is 1. The van der Waals surface area contributed by atoms with E-state index in [1.807, 2.05) is 0 Å². The van der Waals surface area contributed by atoms with Gasteiger partial charge in [0.15, 0.2) is 0 Å². The highest BCUT2D eigenvalue weighted by molar-refractivity contribution is 5.89. The van der Waals surface area contributed by atoms with Crippen molar-refractivity contribution in [1.82, 2.24) is 4.98 Å². The molecule has 27 heavy (non-hydrogen) atoms. The molecule has 2 aromatic rings. The highest BCUT2D eigenvalue weighted by atomic mass is 16.5. The van der Waals surface area contributed by atoms with Crippen LogP contribution >= 0.6 is 0 Å². The van der Waals surface area contributed by atoms with Gasteiger partial charge in [0, 0.05) is 29.7 Å². The molecule has 0 aliphatic carbocycles. The zero-order valence-corrected chi connectivity index (χ0v) is 16.2. The number of ether oxygens (including phenoxy) is 2.